The maximum absolute atomic E-state index is 13.2. The normalized spacial score (nSPS) is 16.7. The number of benzene rings is 3. The maximum Gasteiger partial charge on any atom is 0.167 e. The van der Waals surface area contributed by atoms with Crippen LogP contribution in [0, 0.1) is 5.82 Å². The van der Waals surface area contributed by atoms with Crippen molar-refractivity contribution in [3.63, 3.8) is 0 Å². The summed E-state index contributed by atoms with van der Waals surface area (Å²) in [7, 11) is 0. The number of morpholine rings is 1. The molecule has 1 fully saturated rings. The molecule has 168 valence electrons. The number of para-hydroxylation sites is 1. The Hall–Kier alpha value is -3.13. The summed E-state index contributed by atoms with van der Waals surface area (Å²) in [5.74, 6) is 0.487. The predicted molar refractivity (Wildman–Crippen MR) is 128 cm³/mol. The second-order valence-corrected chi connectivity index (χ2v) is 8.96. The monoisotopic (exact) mass is 462 g/mol. The van der Waals surface area contributed by atoms with Gasteiger partial charge in [0.2, 0.25) is 0 Å². The molecule has 4 aromatic rings. The highest BCUT2D eigenvalue weighted by molar-refractivity contribution is 7.97. The number of aldehydes is 1. The number of ether oxygens (including phenoxy) is 2. The number of carbonyl (C=O) groups excluding carboxylic acids is 1. The van der Waals surface area contributed by atoms with E-state index in [9.17, 15) is 9.18 Å². The molecule has 1 aromatic heterocycles. The molecule has 1 N–H and O–H groups in total. The lowest BCUT2D eigenvalue weighted by atomic mass is 10.1. The van der Waals surface area contributed by atoms with Gasteiger partial charge in [-0.2, -0.15) is 0 Å². The Balaban J connectivity index is 1.23. The van der Waals surface area contributed by atoms with Crippen LogP contribution in [-0.4, -0.2) is 48.0 Å². The highest BCUT2D eigenvalue weighted by Crippen LogP contribution is 2.34. The molecular weight excluding hydrogens is 439 g/mol. The van der Waals surface area contributed by atoms with Crippen molar-refractivity contribution in [3.05, 3.63) is 84.3 Å². The Bertz CT molecular complexity index is 1260. The lowest BCUT2D eigenvalue weighted by Gasteiger charge is -2.31. The van der Waals surface area contributed by atoms with E-state index in [1.807, 2.05) is 48.5 Å². The van der Waals surface area contributed by atoms with Gasteiger partial charge >= 0.3 is 0 Å². The number of hydrogen-bond acceptors (Lipinski definition) is 5. The summed E-state index contributed by atoms with van der Waals surface area (Å²) in [4.78, 5) is 15.7. The third-order valence-electron chi connectivity index (χ3n) is 5.57. The van der Waals surface area contributed by atoms with Gasteiger partial charge in [-0.15, -0.1) is 0 Å². The summed E-state index contributed by atoms with van der Waals surface area (Å²) in [5, 5.41) is 1.04. The number of fused-ring (bicyclic) bond motifs is 1. The van der Waals surface area contributed by atoms with Crippen LogP contribution in [0.3, 0.4) is 0 Å². The van der Waals surface area contributed by atoms with Crippen LogP contribution in [0.15, 0.2) is 77.7 Å². The molecule has 0 spiro atoms. The summed E-state index contributed by atoms with van der Waals surface area (Å²) in [6.45, 7) is 2.45. The van der Waals surface area contributed by atoms with Gasteiger partial charge in [-0.1, -0.05) is 42.5 Å². The predicted octanol–water partition coefficient (Wildman–Crippen LogP) is 5.57. The minimum absolute atomic E-state index is 0.0920. The van der Waals surface area contributed by atoms with Crippen molar-refractivity contribution in [2.75, 3.05) is 26.3 Å². The van der Waals surface area contributed by atoms with Gasteiger partial charge in [0.15, 0.2) is 6.29 Å². The van der Waals surface area contributed by atoms with Crippen LogP contribution < -0.4 is 4.74 Å². The first-order valence-electron chi connectivity index (χ1n) is 10.8. The number of hydrogen-bond donors (Lipinski definition) is 1. The van der Waals surface area contributed by atoms with Gasteiger partial charge in [-0.3, -0.25) is 4.79 Å². The number of halogens is 1. The minimum atomic E-state index is -0.254. The highest BCUT2D eigenvalue weighted by Gasteiger charge is 2.24. The number of aromatic nitrogens is 1. The van der Waals surface area contributed by atoms with Crippen LogP contribution in [0.5, 0.6) is 5.75 Å². The largest absolute Gasteiger partial charge is 0.491 e. The minimum Gasteiger partial charge on any atom is -0.491 e. The molecule has 1 unspecified atom stereocenters. The summed E-state index contributed by atoms with van der Waals surface area (Å²) >= 11 is 1.58. The van der Waals surface area contributed by atoms with Crippen LogP contribution in [0.2, 0.25) is 0 Å². The quantitative estimate of drug-likeness (QED) is 0.287. The van der Waals surface area contributed by atoms with Gasteiger partial charge in [0, 0.05) is 24.0 Å². The van der Waals surface area contributed by atoms with Crippen LogP contribution in [0.1, 0.15) is 10.5 Å². The van der Waals surface area contributed by atoms with E-state index < -0.39 is 0 Å². The van der Waals surface area contributed by atoms with E-state index in [-0.39, 0.29) is 11.9 Å². The Kier molecular flexibility index (Phi) is 6.44. The van der Waals surface area contributed by atoms with Gasteiger partial charge in [0.1, 0.15) is 24.3 Å². The molecule has 33 heavy (non-hydrogen) atoms. The molecule has 0 bridgehead atoms. The summed E-state index contributed by atoms with van der Waals surface area (Å²) < 4.78 is 27.4. The Morgan fingerprint density at radius 2 is 1.94 bits per heavy atom. The van der Waals surface area contributed by atoms with Gasteiger partial charge in [0.05, 0.1) is 17.2 Å². The Labute approximate surface area is 195 Å². The van der Waals surface area contributed by atoms with Crippen LogP contribution in [-0.2, 0) is 4.74 Å². The molecule has 1 aliphatic rings. The second-order valence-electron chi connectivity index (χ2n) is 7.85. The topological polar surface area (TPSA) is 54.6 Å². The zero-order valence-corrected chi connectivity index (χ0v) is 18.7. The van der Waals surface area contributed by atoms with E-state index in [2.05, 4.69) is 9.29 Å². The number of nitrogens with zero attached hydrogens (tertiary/aromatic N) is 1. The zero-order chi connectivity index (χ0) is 22.6. The van der Waals surface area contributed by atoms with Crippen molar-refractivity contribution in [3.8, 4) is 16.9 Å². The molecule has 7 heteroatoms. The van der Waals surface area contributed by atoms with E-state index in [0.717, 1.165) is 45.5 Å². The molecule has 0 saturated carbocycles. The molecule has 1 saturated heterocycles. The smallest absolute Gasteiger partial charge is 0.167 e. The fourth-order valence-corrected chi connectivity index (χ4v) is 5.06. The highest BCUT2D eigenvalue weighted by atomic mass is 32.2. The lowest BCUT2D eigenvalue weighted by Crippen LogP contribution is -2.41. The van der Waals surface area contributed by atoms with Gasteiger partial charge < -0.3 is 14.5 Å². The molecule has 0 radical (unpaired) electrons. The van der Waals surface area contributed by atoms with Crippen molar-refractivity contribution >= 4 is 29.1 Å². The third kappa shape index (κ3) is 4.95. The Morgan fingerprint density at radius 1 is 1.09 bits per heavy atom. The van der Waals surface area contributed by atoms with Crippen LogP contribution >= 0.6 is 11.9 Å². The first-order chi connectivity index (χ1) is 16.2. The van der Waals surface area contributed by atoms with Crippen LogP contribution in [0.4, 0.5) is 4.39 Å². The van der Waals surface area contributed by atoms with E-state index in [1.54, 1.807) is 24.1 Å². The van der Waals surface area contributed by atoms with Crippen molar-refractivity contribution in [2.45, 2.75) is 11.0 Å². The number of aromatic amines is 1. The van der Waals surface area contributed by atoms with Gasteiger partial charge in [-0.05, 0) is 53.4 Å². The fraction of sp³-hybridized carbons (Fsp3) is 0.192. The average Bonchev–Trinajstić information content (AvgIpc) is 3.21. The van der Waals surface area contributed by atoms with Gasteiger partial charge in [0.25, 0.3) is 0 Å². The fourth-order valence-electron chi connectivity index (χ4n) is 3.92. The van der Waals surface area contributed by atoms with E-state index >= 15 is 0 Å². The molecule has 1 atom stereocenters. The molecule has 2 heterocycles. The SMILES string of the molecule is O=Cc1[nH]c2ccccc2c1SN1CCOC(COc2cccc(-c3ccc(F)cc3)c2)C1. The number of carbonyl (C=O) groups is 1. The molecule has 1 aliphatic heterocycles. The molecule has 0 amide bonds. The zero-order valence-electron chi connectivity index (χ0n) is 17.9. The summed E-state index contributed by atoms with van der Waals surface area (Å²) in [6, 6.07) is 22.1. The molecule has 5 rings (SSSR count). The van der Waals surface area contributed by atoms with E-state index in [0.29, 0.717) is 25.5 Å². The Morgan fingerprint density at radius 3 is 2.79 bits per heavy atom. The van der Waals surface area contributed by atoms with Crippen molar-refractivity contribution in [1.29, 1.82) is 0 Å². The first kappa shape index (κ1) is 21.7. The average molecular weight is 463 g/mol. The molecule has 5 nitrogen and oxygen atoms in total. The molecule has 0 aliphatic carbocycles. The number of rotatable bonds is 7. The van der Waals surface area contributed by atoms with Crippen molar-refractivity contribution < 1.29 is 18.7 Å². The maximum atomic E-state index is 13.2. The number of H-pyrrole nitrogens is 1. The van der Waals surface area contributed by atoms with E-state index in [1.165, 1.54) is 12.1 Å². The van der Waals surface area contributed by atoms with Crippen molar-refractivity contribution in [2.24, 2.45) is 0 Å². The van der Waals surface area contributed by atoms with E-state index in [4.69, 9.17) is 9.47 Å². The lowest BCUT2D eigenvalue weighted by molar-refractivity contribution is -0.0224. The summed E-state index contributed by atoms with van der Waals surface area (Å²) in [5.41, 5.74) is 3.45. The van der Waals surface area contributed by atoms with Crippen molar-refractivity contribution in [1.82, 2.24) is 9.29 Å². The number of nitrogens with one attached hydrogen (secondary N) is 1. The third-order valence-corrected chi connectivity index (χ3v) is 6.79. The van der Waals surface area contributed by atoms with Crippen LogP contribution in [0.25, 0.3) is 22.0 Å². The molecule has 3 aromatic carbocycles. The first-order valence-corrected chi connectivity index (χ1v) is 11.6. The second kappa shape index (κ2) is 9.79. The molecular formula is C26H23FN2O3S. The van der Waals surface area contributed by atoms with Gasteiger partial charge in [-0.25, -0.2) is 8.70 Å². The standard InChI is InChI=1S/C26H23FN2O3S/c27-20-10-8-18(9-11-20)19-4-3-5-21(14-19)32-17-22-15-29(12-13-31-22)33-26-23-6-1-2-7-24(23)28-25(26)16-30/h1-11,14,16,22,28H,12-13,15,17H2. The summed E-state index contributed by atoms with van der Waals surface area (Å²) in [6.07, 6.45) is 0.780.